The van der Waals surface area contributed by atoms with Crippen LogP contribution in [0.15, 0.2) is 69.9 Å². The highest BCUT2D eigenvalue weighted by molar-refractivity contribution is 6.07. The van der Waals surface area contributed by atoms with Crippen molar-refractivity contribution in [3.63, 3.8) is 0 Å². The molecule has 6 heteroatoms. The van der Waals surface area contributed by atoms with E-state index >= 15 is 0 Å². The molecule has 0 aliphatic rings. The molecule has 0 radical (unpaired) electrons. The summed E-state index contributed by atoms with van der Waals surface area (Å²) in [5.74, 6) is 0.470. The van der Waals surface area contributed by atoms with E-state index < -0.39 is 11.6 Å². The van der Waals surface area contributed by atoms with Gasteiger partial charge in [0, 0.05) is 17.0 Å². The molecular weight excluding hydrogens is 384 g/mol. The maximum absolute atomic E-state index is 12.6. The lowest BCUT2D eigenvalue weighted by Gasteiger charge is -2.12. The quantitative estimate of drug-likeness (QED) is 0.263. The van der Waals surface area contributed by atoms with Crippen molar-refractivity contribution in [2.24, 2.45) is 0 Å². The SMILES string of the molecule is CCOc1cc(C(=O)OCc2cc(=O)oc3ccc4ccccc4c23)ccc1OC. The van der Waals surface area contributed by atoms with Crippen molar-refractivity contribution in [1.82, 2.24) is 0 Å². The Morgan fingerprint density at radius 1 is 1.00 bits per heavy atom. The molecule has 1 aromatic heterocycles. The average Bonchev–Trinajstić information content (AvgIpc) is 2.77. The zero-order valence-corrected chi connectivity index (χ0v) is 16.6. The Labute approximate surface area is 172 Å². The fourth-order valence-electron chi connectivity index (χ4n) is 3.43. The first-order valence-corrected chi connectivity index (χ1v) is 9.53. The molecule has 0 atom stereocenters. The number of hydrogen-bond donors (Lipinski definition) is 0. The van der Waals surface area contributed by atoms with Crippen molar-refractivity contribution in [1.29, 1.82) is 0 Å². The first-order chi connectivity index (χ1) is 14.6. The third-order valence-corrected chi connectivity index (χ3v) is 4.77. The number of fused-ring (bicyclic) bond motifs is 3. The van der Waals surface area contributed by atoms with Crippen LogP contribution in [0.4, 0.5) is 0 Å². The van der Waals surface area contributed by atoms with Crippen molar-refractivity contribution >= 4 is 27.7 Å². The van der Waals surface area contributed by atoms with E-state index in [1.54, 1.807) is 24.3 Å². The van der Waals surface area contributed by atoms with Crippen molar-refractivity contribution < 1.29 is 23.4 Å². The van der Waals surface area contributed by atoms with Crippen LogP contribution in [0.1, 0.15) is 22.8 Å². The molecule has 0 unspecified atom stereocenters. The van der Waals surface area contributed by atoms with Gasteiger partial charge in [-0.1, -0.05) is 30.3 Å². The van der Waals surface area contributed by atoms with Gasteiger partial charge in [-0.2, -0.15) is 0 Å². The number of hydrogen-bond acceptors (Lipinski definition) is 6. The van der Waals surface area contributed by atoms with Gasteiger partial charge in [-0.05, 0) is 42.0 Å². The van der Waals surface area contributed by atoms with Gasteiger partial charge in [-0.25, -0.2) is 9.59 Å². The number of ether oxygens (including phenoxy) is 3. The molecule has 4 aromatic rings. The minimum absolute atomic E-state index is 0.0645. The first-order valence-electron chi connectivity index (χ1n) is 9.53. The molecule has 0 saturated carbocycles. The van der Waals surface area contributed by atoms with Crippen molar-refractivity contribution in [2.45, 2.75) is 13.5 Å². The van der Waals surface area contributed by atoms with Crippen molar-refractivity contribution in [3.05, 3.63) is 82.2 Å². The molecule has 0 spiro atoms. The molecule has 0 fully saturated rings. The number of methoxy groups -OCH3 is 1. The lowest BCUT2D eigenvalue weighted by Crippen LogP contribution is -2.08. The average molecular weight is 404 g/mol. The number of carbonyl (C=O) groups is 1. The van der Waals surface area contributed by atoms with Crippen LogP contribution in [0.25, 0.3) is 21.7 Å². The normalized spacial score (nSPS) is 10.9. The minimum Gasteiger partial charge on any atom is -0.493 e. The van der Waals surface area contributed by atoms with Gasteiger partial charge in [0.15, 0.2) is 11.5 Å². The van der Waals surface area contributed by atoms with E-state index in [0.717, 1.165) is 16.2 Å². The summed E-state index contributed by atoms with van der Waals surface area (Å²) in [6.07, 6.45) is 0. The Morgan fingerprint density at radius 2 is 1.83 bits per heavy atom. The van der Waals surface area contributed by atoms with Gasteiger partial charge < -0.3 is 18.6 Å². The highest BCUT2D eigenvalue weighted by Crippen LogP contribution is 2.30. The van der Waals surface area contributed by atoms with Crippen LogP contribution in [0.2, 0.25) is 0 Å². The molecule has 0 bridgehead atoms. The minimum atomic E-state index is -0.528. The van der Waals surface area contributed by atoms with Crippen LogP contribution in [-0.4, -0.2) is 19.7 Å². The van der Waals surface area contributed by atoms with Crippen LogP contribution in [-0.2, 0) is 11.3 Å². The molecule has 152 valence electrons. The Balaban J connectivity index is 1.67. The van der Waals surface area contributed by atoms with Crippen LogP contribution in [0.3, 0.4) is 0 Å². The van der Waals surface area contributed by atoms with E-state index in [2.05, 4.69) is 0 Å². The molecule has 4 rings (SSSR count). The zero-order valence-electron chi connectivity index (χ0n) is 16.6. The van der Waals surface area contributed by atoms with Crippen LogP contribution in [0.5, 0.6) is 11.5 Å². The molecule has 0 aliphatic carbocycles. The van der Waals surface area contributed by atoms with E-state index in [1.807, 2.05) is 37.3 Å². The summed E-state index contributed by atoms with van der Waals surface area (Å²) in [6.45, 7) is 2.22. The van der Waals surface area contributed by atoms with Gasteiger partial charge in [0.25, 0.3) is 0 Å². The second-order valence-electron chi connectivity index (χ2n) is 6.63. The van der Waals surface area contributed by atoms with Gasteiger partial charge in [0.05, 0.1) is 19.3 Å². The van der Waals surface area contributed by atoms with Gasteiger partial charge in [0.2, 0.25) is 0 Å². The second kappa shape index (κ2) is 8.29. The van der Waals surface area contributed by atoms with Gasteiger partial charge >= 0.3 is 11.6 Å². The van der Waals surface area contributed by atoms with E-state index in [-0.39, 0.29) is 6.61 Å². The van der Waals surface area contributed by atoms with E-state index in [1.165, 1.54) is 13.2 Å². The highest BCUT2D eigenvalue weighted by Gasteiger charge is 2.15. The van der Waals surface area contributed by atoms with Crippen LogP contribution in [0, 0.1) is 0 Å². The van der Waals surface area contributed by atoms with Gasteiger partial charge in [-0.15, -0.1) is 0 Å². The summed E-state index contributed by atoms with van der Waals surface area (Å²) >= 11 is 0. The molecule has 0 N–H and O–H groups in total. The van der Waals surface area contributed by atoms with E-state index in [9.17, 15) is 9.59 Å². The predicted molar refractivity (Wildman–Crippen MR) is 113 cm³/mol. The van der Waals surface area contributed by atoms with Gasteiger partial charge in [0.1, 0.15) is 12.2 Å². The first kappa shape index (κ1) is 19.5. The summed E-state index contributed by atoms with van der Waals surface area (Å²) < 4.78 is 21.6. The number of carbonyl (C=O) groups excluding carboxylic acids is 1. The molecule has 0 aliphatic heterocycles. The zero-order chi connectivity index (χ0) is 21.1. The maximum Gasteiger partial charge on any atom is 0.338 e. The Kier molecular flexibility index (Phi) is 5.39. The summed E-state index contributed by atoms with van der Waals surface area (Å²) in [5.41, 5.74) is 0.878. The summed E-state index contributed by atoms with van der Waals surface area (Å²) in [5, 5.41) is 2.68. The van der Waals surface area contributed by atoms with E-state index in [0.29, 0.717) is 34.8 Å². The number of benzene rings is 3. The Bertz CT molecular complexity index is 1290. The number of rotatable bonds is 6. The molecular formula is C24H20O6. The van der Waals surface area contributed by atoms with Crippen molar-refractivity contribution in [3.8, 4) is 11.5 Å². The van der Waals surface area contributed by atoms with Crippen molar-refractivity contribution in [2.75, 3.05) is 13.7 Å². The fraction of sp³-hybridized carbons (Fsp3) is 0.167. The summed E-state index contributed by atoms with van der Waals surface area (Å²) in [6, 6.07) is 17.6. The second-order valence-corrected chi connectivity index (χ2v) is 6.63. The summed E-state index contributed by atoms with van der Waals surface area (Å²) in [4.78, 5) is 24.6. The predicted octanol–water partition coefficient (Wildman–Crippen LogP) is 4.71. The monoisotopic (exact) mass is 404 g/mol. The lowest BCUT2D eigenvalue weighted by atomic mass is 10.0. The molecule has 3 aromatic carbocycles. The van der Waals surface area contributed by atoms with Crippen LogP contribution >= 0.6 is 0 Å². The third kappa shape index (κ3) is 3.72. The Hall–Kier alpha value is -3.80. The molecule has 0 amide bonds. The molecule has 6 nitrogen and oxygen atoms in total. The smallest absolute Gasteiger partial charge is 0.338 e. The largest absolute Gasteiger partial charge is 0.493 e. The topological polar surface area (TPSA) is 75.0 Å². The standard InChI is InChI=1S/C24H20O6/c1-3-28-21-12-16(9-10-19(21)27-2)24(26)29-14-17-13-22(25)30-20-11-8-15-6-4-5-7-18(15)23(17)20/h4-13H,3,14H2,1-2H3. The highest BCUT2D eigenvalue weighted by atomic mass is 16.5. The van der Waals surface area contributed by atoms with E-state index in [4.69, 9.17) is 18.6 Å². The Morgan fingerprint density at radius 3 is 2.63 bits per heavy atom. The number of esters is 1. The molecule has 0 saturated heterocycles. The maximum atomic E-state index is 12.6. The third-order valence-electron chi connectivity index (χ3n) is 4.77. The van der Waals surface area contributed by atoms with Gasteiger partial charge in [-0.3, -0.25) is 0 Å². The van der Waals surface area contributed by atoms with Crippen LogP contribution < -0.4 is 15.1 Å². The lowest BCUT2D eigenvalue weighted by molar-refractivity contribution is 0.0473. The fourth-order valence-corrected chi connectivity index (χ4v) is 3.43. The molecule has 30 heavy (non-hydrogen) atoms. The summed E-state index contributed by atoms with van der Waals surface area (Å²) in [7, 11) is 1.53. The molecule has 1 heterocycles.